The molecule has 0 aromatic rings. The van der Waals surface area contributed by atoms with E-state index in [2.05, 4.69) is 65.6 Å². The van der Waals surface area contributed by atoms with Crippen LogP contribution in [0.2, 0.25) is 0 Å². The summed E-state index contributed by atoms with van der Waals surface area (Å²) in [6, 6.07) is 1.36. The number of hydrogen-bond acceptors (Lipinski definition) is 2. The molecule has 2 nitrogen and oxygen atoms in total. The molecule has 20 heavy (non-hydrogen) atoms. The van der Waals surface area contributed by atoms with Gasteiger partial charge in [0.1, 0.15) is 0 Å². The third-order valence-corrected chi connectivity index (χ3v) is 5.22. The molecular formula is C18H38N2. The lowest BCUT2D eigenvalue weighted by Crippen LogP contribution is -2.60. The largest absolute Gasteiger partial charge is 0.311 e. The molecule has 0 saturated carbocycles. The highest BCUT2D eigenvalue weighted by Crippen LogP contribution is 2.26. The van der Waals surface area contributed by atoms with Crippen molar-refractivity contribution in [2.24, 2.45) is 29.6 Å². The summed E-state index contributed by atoms with van der Waals surface area (Å²) < 4.78 is 0. The minimum Gasteiger partial charge on any atom is -0.311 e. The van der Waals surface area contributed by atoms with Gasteiger partial charge >= 0.3 is 0 Å². The summed E-state index contributed by atoms with van der Waals surface area (Å²) in [5.41, 5.74) is 0. The summed E-state index contributed by atoms with van der Waals surface area (Å²) in [5.74, 6) is 3.81. The zero-order chi connectivity index (χ0) is 15.4. The zero-order valence-electron chi connectivity index (χ0n) is 15.1. The second kappa shape index (κ2) is 7.79. The number of piperazine rings is 1. The highest BCUT2D eigenvalue weighted by molar-refractivity contribution is 4.90. The van der Waals surface area contributed by atoms with Gasteiger partial charge < -0.3 is 5.32 Å². The minimum absolute atomic E-state index is 0.657. The van der Waals surface area contributed by atoms with Crippen LogP contribution in [0.4, 0.5) is 0 Å². The molecule has 120 valence electrons. The fourth-order valence-corrected chi connectivity index (χ4v) is 3.63. The molecule has 0 spiro atoms. The van der Waals surface area contributed by atoms with Gasteiger partial charge in [0.25, 0.3) is 0 Å². The molecule has 0 aromatic carbocycles. The lowest BCUT2D eigenvalue weighted by atomic mass is 9.83. The second-order valence-electron chi connectivity index (χ2n) is 8.18. The Labute approximate surface area is 127 Å². The molecule has 2 atom stereocenters. The maximum Gasteiger partial charge on any atom is 0.0244 e. The van der Waals surface area contributed by atoms with E-state index >= 15 is 0 Å². The Morgan fingerprint density at radius 1 is 0.900 bits per heavy atom. The van der Waals surface area contributed by atoms with E-state index in [1.165, 1.54) is 13.1 Å². The molecule has 1 saturated heterocycles. The Balaban J connectivity index is 2.78. The van der Waals surface area contributed by atoms with Crippen LogP contribution in [0.3, 0.4) is 0 Å². The molecule has 1 heterocycles. The van der Waals surface area contributed by atoms with E-state index in [1.54, 1.807) is 0 Å². The summed E-state index contributed by atoms with van der Waals surface area (Å²) in [5, 5.41) is 3.77. The molecule has 2 unspecified atom stereocenters. The van der Waals surface area contributed by atoms with Crippen LogP contribution in [0.15, 0.2) is 0 Å². The van der Waals surface area contributed by atoms with Crippen LogP contribution in [-0.2, 0) is 0 Å². The Hall–Kier alpha value is -0.0800. The highest BCUT2D eigenvalue weighted by atomic mass is 15.2. The van der Waals surface area contributed by atoms with Crippen LogP contribution in [0.25, 0.3) is 0 Å². The molecule has 1 aliphatic rings. The number of rotatable bonds is 6. The van der Waals surface area contributed by atoms with Crippen molar-refractivity contribution >= 4 is 0 Å². The molecule has 1 N–H and O–H groups in total. The van der Waals surface area contributed by atoms with Crippen molar-refractivity contribution in [3.63, 3.8) is 0 Å². The van der Waals surface area contributed by atoms with E-state index in [-0.39, 0.29) is 0 Å². The van der Waals surface area contributed by atoms with Crippen molar-refractivity contribution in [1.82, 2.24) is 10.2 Å². The third-order valence-electron chi connectivity index (χ3n) is 5.22. The van der Waals surface area contributed by atoms with E-state index in [1.807, 2.05) is 0 Å². The van der Waals surface area contributed by atoms with E-state index in [0.717, 1.165) is 36.1 Å². The van der Waals surface area contributed by atoms with E-state index in [0.29, 0.717) is 12.1 Å². The van der Waals surface area contributed by atoms with Crippen molar-refractivity contribution in [3.8, 4) is 0 Å². The van der Waals surface area contributed by atoms with Crippen LogP contribution in [0.5, 0.6) is 0 Å². The molecule has 1 fully saturated rings. The quantitative estimate of drug-likeness (QED) is 0.795. The Morgan fingerprint density at radius 2 is 1.45 bits per heavy atom. The van der Waals surface area contributed by atoms with Gasteiger partial charge in [-0.2, -0.15) is 0 Å². The molecule has 0 bridgehead atoms. The Morgan fingerprint density at radius 3 is 1.85 bits per heavy atom. The van der Waals surface area contributed by atoms with Crippen LogP contribution in [0, 0.1) is 29.6 Å². The minimum atomic E-state index is 0.657. The lowest BCUT2D eigenvalue weighted by Gasteiger charge is -2.46. The van der Waals surface area contributed by atoms with Crippen LogP contribution >= 0.6 is 0 Å². The predicted octanol–water partition coefficient (Wildman–Crippen LogP) is 3.87. The van der Waals surface area contributed by atoms with Crippen molar-refractivity contribution < 1.29 is 0 Å². The van der Waals surface area contributed by atoms with Crippen molar-refractivity contribution in [2.75, 3.05) is 19.6 Å². The predicted molar refractivity (Wildman–Crippen MR) is 90.0 cm³/mol. The number of nitrogens with one attached hydrogen (secondary N) is 1. The first-order chi connectivity index (χ1) is 9.23. The van der Waals surface area contributed by atoms with Gasteiger partial charge in [0.15, 0.2) is 0 Å². The Bertz CT molecular complexity index is 263. The maximum absolute atomic E-state index is 3.77. The summed E-state index contributed by atoms with van der Waals surface area (Å²) in [4.78, 5) is 2.79. The third kappa shape index (κ3) is 4.73. The molecule has 0 amide bonds. The molecule has 0 radical (unpaired) electrons. The summed E-state index contributed by atoms with van der Waals surface area (Å²) in [6.07, 6.45) is 0. The van der Waals surface area contributed by atoms with Gasteiger partial charge in [-0.25, -0.2) is 0 Å². The first kappa shape index (κ1) is 18.0. The van der Waals surface area contributed by atoms with Gasteiger partial charge in [-0.3, -0.25) is 4.90 Å². The molecule has 0 aliphatic carbocycles. The first-order valence-electron chi connectivity index (χ1n) is 8.71. The van der Waals surface area contributed by atoms with Crippen LogP contribution in [0.1, 0.15) is 55.4 Å². The number of nitrogens with zero attached hydrogens (tertiary/aromatic N) is 1. The number of hydrogen-bond donors (Lipinski definition) is 1. The highest BCUT2D eigenvalue weighted by Gasteiger charge is 2.33. The van der Waals surface area contributed by atoms with Gasteiger partial charge in [-0.05, 0) is 29.6 Å². The first-order valence-corrected chi connectivity index (χ1v) is 8.71. The summed E-state index contributed by atoms with van der Waals surface area (Å²) in [7, 11) is 0. The fourth-order valence-electron chi connectivity index (χ4n) is 3.63. The van der Waals surface area contributed by atoms with Crippen molar-refractivity contribution in [1.29, 1.82) is 0 Å². The average molecular weight is 283 g/mol. The van der Waals surface area contributed by atoms with Crippen molar-refractivity contribution in [2.45, 2.75) is 67.5 Å². The van der Waals surface area contributed by atoms with E-state index < -0.39 is 0 Å². The van der Waals surface area contributed by atoms with E-state index in [4.69, 9.17) is 0 Å². The van der Waals surface area contributed by atoms with Gasteiger partial charge in [0.05, 0.1) is 0 Å². The van der Waals surface area contributed by atoms with Gasteiger partial charge in [-0.1, -0.05) is 55.4 Å². The summed E-state index contributed by atoms with van der Waals surface area (Å²) >= 11 is 0. The smallest absolute Gasteiger partial charge is 0.0244 e. The Kier molecular flexibility index (Phi) is 7.00. The topological polar surface area (TPSA) is 15.3 Å². The van der Waals surface area contributed by atoms with E-state index in [9.17, 15) is 0 Å². The molecule has 2 heteroatoms. The normalized spacial score (nSPS) is 25.6. The second-order valence-corrected chi connectivity index (χ2v) is 8.18. The monoisotopic (exact) mass is 282 g/mol. The molecule has 1 aliphatic heterocycles. The fraction of sp³-hybridized carbons (Fsp3) is 1.00. The zero-order valence-corrected chi connectivity index (χ0v) is 15.1. The maximum atomic E-state index is 3.77. The SMILES string of the molecule is CC(C)C1CN(CC(C(C)C)C(C)C)C(C(C)C)CN1. The molecular weight excluding hydrogens is 244 g/mol. The van der Waals surface area contributed by atoms with Gasteiger partial charge in [0.2, 0.25) is 0 Å². The van der Waals surface area contributed by atoms with Crippen molar-refractivity contribution in [3.05, 3.63) is 0 Å². The molecule has 1 rings (SSSR count). The van der Waals surface area contributed by atoms with Gasteiger partial charge in [0, 0.05) is 31.7 Å². The van der Waals surface area contributed by atoms with Crippen LogP contribution < -0.4 is 5.32 Å². The molecule has 0 aromatic heterocycles. The average Bonchev–Trinajstić information content (AvgIpc) is 2.34. The summed E-state index contributed by atoms with van der Waals surface area (Å²) in [6.45, 7) is 22.6. The van der Waals surface area contributed by atoms with Gasteiger partial charge in [-0.15, -0.1) is 0 Å². The lowest BCUT2D eigenvalue weighted by molar-refractivity contribution is 0.0518. The standard InChI is InChI=1S/C18H38N2/c1-12(2)16(13(3)4)10-20-11-17(14(5)6)19-9-18(20)15(7)8/h12-19H,9-11H2,1-8H3. The van der Waals surface area contributed by atoms with Crippen LogP contribution in [-0.4, -0.2) is 36.6 Å².